The van der Waals surface area contributed by atoms with E-state index in [-0.39, 0.29) is 11.8 Å². The van der Waals surface area contributed by atoms with Crippen LogP contribution < -0.4 is 5.32 Å². The van der Waals surface area contributed by atoms with Crippen molar-refractivity contribution in [3.63, 3.8) is 0 Å². The summed E-state index contributed by atoms with van der Waals surface area (Å²) in [5.74, 6) is 1.00. The van der Waals surface area contributed by atoms with Gasteiger partial charge in [-0.3, -0.25) is 0 Å². The van der Waals surface area contributed by atoms with E-state index in [2.05, 4.69) is 5.32 Å². The van der Waals surface area contributed by atoms with Crippen LogP contribution in [-0.2, 0) is 6.54 Å². The molecule has 2 rings (SSSR count). The fourth-order valence-corrected chi connectivity index (χ4v) is 1.77. The third kappa shape index (κ3) is 3.02. The maximum Gasteiger partial charge on any atom is 0.134 e. The van der Waals surface area contributed by atoms with Gasteiger partial charge in [-0.1, -0.05) is 17.7 Å². The zero-order chi connectivity index (χ0) is 12.3. The van der Waals surface area contributed by atoms with E-state index in [4.69, 9.17) is 16.0 Å². The molecule has 2 N–H and O–H groups in total. The molecule has 0 saturated carbocycles. The number of hydrogen-bond donors (Lipinski definition) is 2. The van der Waals surface area contributed by atoms with Crippen LogP contribution in [0.3, 0.4) is 0 Å². The number of rotatable bonds is 4. The summed E-state index contributed by atoms with van der Waals surface area (Å²) < 4.78 is 5.30. The molecule has 4 heteroatoms. The van der Waals surface area contributed by atoms with Crippen molar-refractivity contribution in [2.75, 3.05) is 0 Å². The van der Waals surface area contributed by atoms with Crippen molar-refractivity contribution >= 4 is 11.6 Å². The average molecular weight is 252 g/mol. The van der Waals surface area contributed by atoms with Gasteiger partial charge in [-0.05, 0) is 36.8 Å². The van der Waals surface area contributed by atoms with Crippen LogP contribution in [0.1, 0.15) is 24.3 Å². The molecular weight excluding hydrogens is 238 g/mol. The highest BCUT2D eigenvalue weighted by Gasteiger charge is 2.07. The second-order valence-electron chi connectivity index (χ2n) is 3.90. The molecule has 0 saturated heterocycles. The predicted octanol–water partition coefficient (Wildman–Crippen LogP) is 3.49. The minimum absolute atomic E-state index is 0.106. The summed E-state index contributed by atoms with van der Waals surface area (Å²) >= 11 is 5.83. The minimum atomic E-state index is 0.106. The molecule has 0 fully saturated rings. The van der Waals surface area contributed by atoms with E-state index in [1.54, 1.807) is 18.4 Å². The van der Waals surface area contributed by atoms with E-state index >= 15 is 0 Å². The van der Waals surface area contributed by atoms with Gasteiger partial charge in [-0.2, -0.15) is 0 Å². The van der Waals surface area contributed by atoms with Crippen molar-refractivity contribution in [1.29, 1.82) is 0 Å². The van der Waals surface area contributed by atoms with Crippen molar-refractivity contribution in [3.05, 3.63) is 52.9 Å². The van der Waals surface area contributed by atoms with E-state index < -0.39 is 0 Å². The number of phenols is 1. The van der Waals surface area contributed by atoms with E-state index in [0.29, 0.717) is 11.6 Å². The Labute approximate surface area is 105 Å². The molecule has 0 aliphatic heterocycles. The molecule has 17 heavy (non-hydrogen) atoms. The highest BCUT2D eigenvalue weighted by Crippen LogP contribution is 2.24. The van der Waals surface area contributed by atoms with Gasteiger partial charge in [0.1, 0.15) is 11.5 Å². The Morgan fingerprint density at radius 1 is 1.41 bits per heavy atom. The number of furan rings is 1. The van der Waals surface area contributed by atoms with Crippen LogP contribution >= 0.6 is 11.6 Å². The van der Waals surface area contributed by atoms with Gasteiger partial charge in [0.25, 0.3) is 0 Å². The van der Waals surface area contributed by atoms with Crippen LogP contribution in [0.5, 0.6) is 5.75 Å². The standard InChI is InChI=1S/C13H14ClNO2/c1-9(13-3-2-6-17-13)15-8-10-4-5-12(16)11(14)7-10/h2-7,9,15-16H,8H2,1H3. The number of nitrogens with one attached hydrogen (secondary N) is 1. The molecule has 0 amide bonds. The van der Waals surface area contributed by atoms with Gasteiger partial charge < -0.3 is 14.8 Å². The molecular formula is C13H14ClNO2. The number of hydrogen-bond acceptors (Lipinski definition) is 3. The smallest absolute Gasteiger partial charge is 0.134 e. The van der Waals surface area contributed by atoms with Crippen LogP contribution in [0.25, 0.3) is 0 Å². The first-order valence-corrected chi connectivity index (χ1v) is 5.79. The summed E-state index contributed by atoms with van der Waals surface area (Å²) in [6.45, 7) is 2.70. The zero-order valence-corrected chi connectivity index (χ0v) is 10.2. The van der Waals surface area contributed by atoms with Gasteiger partial charge in [0.15, 0.2) is 0 Å². The summed E-state index contributed by atoms with van der Waals surface area (Å²) in [6.07, 6.45) is 1.66. The largest absolute Gasteiger partial charge is 0.506 e. The van der Waals surface area contributed by atoms with Crippen molar-refractivity contribution in [3.8, 4) is 5.75 Å². The van der Waals surface area contributed by atoms with Crippen LogP contribution in [-0.4, -0.2) is 5.11 Å². The molecule has 0 aliphatic carbocycles. The van der Waals surface area contributed by atoms with Crippen LogP contribution in [0, 0.1) is 0 Å². The number of halogens is 1. The Hall–Kier alpha value is -1.45. The molecule has 0 radical (unpaired) electrons. The van der Waals surface area contributed by atoms with Crippen LogP contribution in [0.15, 0.2) is 41.0 Å². The second-order valence-corrected chi connectivity index (χ2v) is 4.31. The Morgan fingerprint density at radius 2 is 2.24 bits per heavy atom. The molecule has 1 atom stereocenters. The lowest BCUT2D eigenvalue weighted by atomic mass is 10.2. The van der Waals surface area contributed by atoms with Crippen molar-refractivity contribution < 1.29 is 9.52 Å². The molecule has 1 aromatic heterocycles. The van der Waals surface area contributed by atoms with E-state index in [0.717, 1.165) is 11.3 Å². The molecule has 1 unspecified atom stereocenters. The molecule has 1 heterocycles. The Balaban J connectivity index is 1.96. The average Bonchev–Trinajstić information content (AvgIpc) is 2.84. The molecule has 2 aromatic rings. The zero-order valence-electron chi connectivity index (χ0n) is 9.48. The Kier molecular flexibility index (Phi) is 3.71. The lowest BCUT2D eigenvalue weighted by molar-refractivity contribution is 0.430. The fourth-order valence-electron chi connectivity index (χ4n) is 1.57. The Morgan fingerprint density at radius 3 is 2.88 bits per heavy atom. The molecule has 90 valence electrons. The lowest BCUT2D eigenvalue weighted by Crippen LogP contribution is -2.17. The second kappa shape index (κ2) is 5.25. The van der Waals surface area contributed by atoms with E-state index in [9.17, 15) is 5.11 Å². The quantitative estimate of drug-likeness (QED) is 0.874. The molecule has 0 aliphatic rings. The van der Waals surface area contributed by atoms with E-state index in [1.165, 1.54) is 0 Å². The highest BCUT2D eigenvalue weighted by molar-refractivity contribution is 6.32. The third-order valence-corrected chi connectivity index (χ3v) is 2.90. The van der Waals surface area contributed by atoms with Gasteiger partial charge in [-0.25, -0.2) is 0 Å². The SMILES string of the molecule is CC(NCc1ccc(O)c(Cl)c1)c1ccco1. The molecule has 1 aromatic carbocycles. The minimum Gasteiger partial charge on any atom is -0.506 e. The molecule has 3 nitrogen and oxygen atoms in total. The number of aromatic hydroxyl groups is 1. The first-order chi connectivity index (χ1) is 8.16. The summed E-state index contributed by atoms with van der Waals surface area (Å²) in [5, 5.41) is 13.0. The first kappa shape index (κ1) is 12.0. The number of phenolic OH excluding ortho intramolecular Hbond substituents is 1. The third-order valence-electron chi connectivity index (χ3n) is 2.59. The molecule has 0 spiro atoms. The fraction of sp³-hybridized carbons (Fsp3) is 0.231. The highest BCUT2D eigenvalue weighted by atomic mass is 35.5. The van der Waals surface area contributed by atoms with Crippen molar-refractivity contribution in [2.24, 2.45) is 0 Å². The summed E-state index contributed by atoms with van der Waals surface area (Å²) in [5.41, 5.74) is 1.02. The van der Waals surface area contributed by atoms with Gasteiger partial charge >= 0.3 is 0 Å². The van der Waals surface area contributed by atoms with Gasteiger partial charge in [-0.15, -0.1) is 0 Å². The van der Waals surface area contributed by atoms with Crippen molar-refractivity contribution in [1.82, 2.24) is 5.32 Å². The normalized spacial score (nSPS) is 12.6. The van der Waals surface area contributed by atoms with Crippen molar-refractivity contribution in [2.45, 2.75) is 19.5 Å². The Bertz CT molecular complexity index is 482. The van der Waals surface area contributed by atoms with Gasteiger partial charge in [0, 0.05) is 6.54 Å². The topological polar surface area (TPSA) is 45.4 Å². The van der Waals surface area contributed by atoms with Gasteiger partial charge in [0.2, 0.25) is 0 Å². The monoisotopic (exact) mass is 251 g/mol. The van der Waals surface area contributed by atoms with Crippen LogP contribution in [0.2, 0.25) is 5.02 Å². The first-order valence-electron chi connectivity index (χ1n) is 5.41. The van der Waals surface area contributed by atoms with Gasteiger partial charge in [0.05, 0.1) is 17.3 Å². The maximum atomic E-state index is 9.30. The molecule has 0 bridgehead atoms. The predicted molar refractivity (Wildman–Crippen MR) is 67.1 cm³/mol. The summed E-state index contributed by atoms with van der Waals surface area (Å²) in [7, 11) is 0. The summed E-state index contributed by atoms with van der Waals surface area (Å²) in [6, 6.07) is 9.11. The van der Waals surface area contributed by atoms with Crippen LogP contribution in [0.4, 0.5) is 0 Å². The summed E-state index contributed by atoms with van der Waals surface area (Å²) in [4.78, 5) is 0. The lowest BCUT2D eigenvalue weighted by Gasteiger charge is -2.11. The van der Waals surface area contributed by atoms with E-state index in [1.807, 2.05) is 25.1 Å². The number of benzene rings is 1. The maximum absolute atomic E-state index is 9.30.